The lowest BCUT2D eigenvalue weighted by atomic mass is 9.98. The van der Waals surface area contributed by atoms with Crippen LogP contribution in [0.4, 0.5) is 0 Å². The van der Waals surface area contributed by atoms with Crippen molar-refractivity contribution in [2.45, 2.75) is 19.4 Å². The number of aromatic hydroxyl groups is 1. The minimum Gasteiger partial charge on any atom is -0.495 e. The maximum Gasteiger partial charge on any atom is 0.335 e. The number of para-hydroxylation sites is 2. The molecule has 174 valence electrons. The molecule has 0 spiro atoms. The van der Waals surface area contributed by atoms with Gasteiger partial charge in [-0.2, -0.15) is 5.10 Å². The zero-order valence-corrected chi connectivity index (χ0v) is 18.3. The Balaban J connectivity index is 1.61. The predicted octanol–water partition coefficient (Wildman–Crippen LogP) is 1.67. The van der Waals surface area contributed by atoms with Gasteiger partial charge in [0.2, 0.25) is 18.6 Å². The summed E-state index contributed by atoms with van der Waals surface area (Å²) in [5.74, 6) is 0.489. The molecular formula is C23H20N4O7. The number of carbonyl (C=O) groups excluding carboxylic acids is 1. The summed E-state index contributed by atoms with van der Waals surface area (Å²) in [6, 6.07) is 11.3. The highest BCUT2D eigenvalue weighted by Gasteiger charge is 2.35. The van der Waals surface area contributed by atoms with Gasteiger partial charge in [0.25, 0.3) is 5.56 Å². The average molecular weight is 464 g/mol. The molecule has 0 bridgehead atoms. The van der Waals surface area contributed by atoms with E-state index in [0.29, 0.717) is 22.8 Å². The zero-order chi connectivity index (χ0) is 24.0. The summed E-state index contributed by atoms with van der Waals surface area (Å²) in [5.41, 5.74) is -0.765. The second kappa shape index (κ2) is 8.10. The third kappa shape index (κ3) is 3.38. The molecule has 1 atom stereocenters. The number of hydrogen-bond acceptors (Lipinski definition) is 8. The molecule has 3 heterocycles. The zero-order valence-electron chi connectivity index (χ0n) is 18.3. The highest BCUT2D eigenvalue weighted by atomic mass is 16.7. The van der Waals surface area contributed by atoms with Gasteiger partial charge >= 0.3 is 5.69 Å². The number of nitrogens with one attached hydrogen (secondary N) is 1. The number of aromatic amines is 1. The van der Waals surface area contributed by atoms with Gasteiger partial charge in [-0.25, -0.2) is 14.4 Å². The molecule has 2 N–H and O–H groups in total. The van der Waals surface area contributed by atoms with E-state index in [1.165, 1.54) is 19.0 Å². The van der Waals surface area contributed by atoms with Crippen LogP contribution in [0.3, 0.4) is 0 Å². The van der Waals surface area contributed by atoms with E-state index in [-0.39, 0.29) is 36.1 Å². The summed E-state index contributed by atoms with van der Waals surface area (Å²) in [4.78, 5) is 40.0. The van der Waals surface area contributed by atoms with Crippen molar-refractivity contribution < 1.29 is 24.1 Å². The van der Waals surface area contributed by atoms with Crippen molar-refractivity contribution in [1.29, 1.82) is 0 Å². The molecule has 2 aromatic carbocycles. The van der Waals surface area contributed by atoms with E-state index in [1.807, 2.05) is 0 Å². The third-order valence-electron chi connectivity index (χ3n) is 5.72. The number of nitrogens with zero attached hydrogens (tertiary/aromatic N) is 3. The molecule has 11 heteroatoms. The lowest BCUT2D eigenvalue weighted by molar-refractivity contribution is -0.130. The fourth-order valence-electron chi connectivity index (χ4n) is 4.15. The summed E-state index contributed by atoms with van der Waals surface area (Å²) < 4.78 is 17.0. The number of methoxy groups -OCH3 is 1. The first-order chi connectivity index (χ1) is 16.4. The lowest BCUT2D eigenvalue weighted by Gasteiger charge is -2.20. The Morgan fingerprint density at radius 2 is 1.94 bits per heavy atom. The molecular weight excluding hydrogens is 444 g/mol. The average Bonchev–Trinajstić information content (AvgIpc) is 3.46. The number of benzene rings is 2. The minimum absolute atomic E-state index is 0.107. The summed E-state index contributed by atoms with van der Waals surface area (Å²) in [6.07, 6.45) is 0.125. The number of hydrazone groups is 1. The van der Waals surface area contributed by atoms with E-state index < -0.39 is 23.2 Å². The van der Waals surface area contributed by atoms with Crippen LogP contribution in [0.1, 0.15) is 30.5 Å². The molecule has 1 amide bonds. The molecule has 11 nitrogen and oxygen atoms in total. The minimum atomic E-state index is -0.843. The summed E-state index contributed by atoms with van der Waals surface area (Å²) in [5, 5.41) is 16.6. The van der Waals surface area contributed by atoms with Crippen molar-refractivity contribution in [2.75, 3.05) is 13.9 Å². The first kappa shape index (κ1) is 21.3. The topological polar surface area (TPSA) is 135 Å². The highest BCUT2D eigenvalue weighted by molar-refractivity contribution is 6.04. The number of aromatic nitrogens is 2. The Labute approximate surface area is 192 Å². The molecule has 0 saturated heterocycles. The summed E-state index contributed by atoms with van der Waals surface area (Å²) in [6.45, 7) is 1.46. The SMILES string of the molecule is COc1ccccc1-n1c(O)c(C2=NN(C(C)=O)[C@@H](c3ccc4c(c3)OCO4)C2)c(=O)[nH]c1=O. The van der Waals surface area contributed by atoms with Crippen LogP contribution in [-0.2, 0) is 4.79 Å². The standard InChI is InChI=1S/C23H20N4O7/c1-12(28)27-16(13-7-8-18-19(9-13)34-11-33-18)10-14(25-27)20-21(29)24-23(31)26(22(20)30)15-5-3-4-6-17(15)32-2/h3-9,16,30H,10-11H2,1-2H3,(H,24,29,31)/t16-/m1/s1. The predicted molar refractivity (Wildman–Crippen MR) is 120 cm³/mol. The van der Waals surface area contributed by atoms with Crippen molar-refractivity contribution in [3.63, 3.8) is 0 Å². The van der Waals surface area contributed by atoms with Crippen molar-refractivity contribution in [3.05, 3.63) is 74.4 Å². The molecule has 0 fully saturated rings. The second-order valence-electron chi connectivity index (χ2n) is 7.71. The molecule has 0 aliphatic carbocycles. The molecule has 2 aliphatic heterocycles. The third-order valence-corrected chi connectivity index (χ3v) is 5.72. The van der Waals surface area contributed by atoms with Crippen LogP contribution in [0.2, 0.25) is 0 Å². The van der Waals surface area contributed by atoms with Crippen molar-refractivity contribution in [2.24, 2.45) is 5.10 Å². The quantitative estimate of drug-likeness (QED) is 0.599. The van der Waals surface area contributed by atoms with Crippen molar-refractivity contribution in [1.82, 2.24) is 14.6 Å². The summed E-state index contributed by atoms with van der Waals surface area (Å²) >= 11 is 0. The molecule has 0 unspecified atom stereocenters. The number of amides is 1. The summed E-state index contributed by atoms with van der Waals surface area (Å²) in [7, 11) is 1.43. The monoisotopic (exact) mass is 464 g/mol. The first-order valence-electron chi connectivity index (χ1n) is 10.4. The Hall–Kier alpha value is -4.54. The van der Waals surface area contributed by atoms with Gasteiger partial charge in [-0.1, -0.05) is 18.2 Å². The van der Waals surface area contributed by atoms with Crippen molar-refractivity contribution in [3.8, 4) is 28.8 Å². The van der Waals surface area contributed by atoms with E-state index >= 15 is 0 Å². The Morgan fingerprint density at radius 1 is 1.18 bits per heavy atom. The Kier molecular flexibility index (Phi) is 5.08. The molecule has 0 saturated carbocycles. The fourth-order valence-corrected chi connectivity index (χ4v) is 4.15. The maximum atomic E-state index is 12.8. The van der Waals surface area contributed by atoms with Gasteiger partial charge in [-0.3, -0.25) is 14.6 Å². The van der Waals surface area contributed by atoms with Crippen LogP contribution in [0.15, 0.2) is 57.2 Å². The van der Waals surface area contributed by atoms with Crippen LogP contribution >= 0.6 is 0 Å². The first-order valence-corrected chi connectivity index (χ1v) is 10.4. The Bertz CT molecular complexity index is 1460. The van der Waals surface area contributed by atoms with Gasteiger partial charge in [-0.05, 0) is 29.8 Å². The van der Waals surface area contributed by atoms with Gasteiger partial charge in [0.15, 0.2) is 11.5 Å². The molecule has 2 aliphatic rings. The van der Waals surface area contributed by atoms with E-state index in [2.05, 4.69) is 10.1 Å². The smallest absolute Gasteiger partial charge is 0.335 e. The van der Waals surface area contributed by atoms with Crippen LogP contribution in [0.5, 0.6) is 23.1 Å². The van der Waals surface area contributed by atoms with Crippen LogP contribution in [0.25, 0.3) is 5.69 Å². The number of hydrogen-bond donors (Lipinski definition) is 2. The van der Waals surface area contributed by atoms with Crippen molar-refractivity contribution >= 4 is 11.6 Å². The molecule has 1 aromatic heterocycles. The van der Waals surface area contributed by atoms with Gasteiger partial charge in [0.1, 0.15) is 11.3 Å². The van der Waals surface area contributed by atoms with E-state index in [4.69, 9.17) is 14.2 Å². The van der Waals surface area contributed by atoms with Gasteiger partial charge < -0.3 is 19.3 Å². The number of fused-ring (bicyclic) bond motifs is 1. The van der Waals surface area contributed by atoms with Crippen LogP contribution in [-0.4, -0.2) is 45.2 Å². The number of rotatable bonds is 4. The fraction of sp³-hybridized carbons (Fsp3) is 0.217. The number of H-pyrrole nitrogens is 1. The van der Waals surface area contributed by atoms with Crippen LogP contribution in [0, 0.1) is 0 Å². The van der Waals surface area contributed by atoms with Gasteiger partial charge in [0, 0.05) is 13.3 Å². The lowest BCUT2D eigenvalue weighted by Crippen LogP contribution is -2.33. The second-order valence-corrected chi connectivity index (χ2v) is 7.71. The van der Waals surface area contributed by atoms with E-state index in [0.717, 1.165) is 4.57 Å². The normalized spacial score (nSPS) is 16.5. The van der Waals surface area contributed by atoms with E-state index in [1.54, 1.807) is 42.5 Å². The largest absolute Gasteiger partial charge is 0.495 e. The number of carbonyl (C=O) groups is 1. The molecule has 0 radical (unpaired) electrons. The van der Waals surface area contributed by atoms with Gasteiger partial charge in [-0.15, -0.1) is 0 Å². The van der Waals surface area contributed by atoms with E-state index in [9.17, 15) is 19.5 Å². The Morgan fingerprint density at radius 3 is 2.71 bits per heavy atom. The molecule has 3 aromatic rings. The maximum absolute atomic E-state index is 12.8. The van der Waals surface area contributed by atoms with Crippen LogP contribution < -0.4 is 25.5 Å². The molecule has 5 rings (SSSR count). The highest BCUT2D eigenvalue weighted by Crippen LogP contribution is 2.39. The molecule has 34 heavy (non-hydrogen) atoms. The number of ether oxygens (including phenoxy) is 3. The van der Waals surface area contributed by atoms with Gasteiger partial charge in [0.05, 0.1) is 24.6 Å².